The summed E-state index contributed by atoms with van der Waals surface area (Å²) in [6, 6.07) is 5.16. The number of hydrogen-bond donors (Lipinski definition) is 0. The molecule has 0 aliphatic carbocycles. The second kappa shape index (κ2) is 13.9. The highest BCUT2D eigenvalue weighted by Crippen LogP contribution is 2.28. The lowest BCUT2D eigenvalue weighted by atomic mass is 10.0. The lowest BCUT2D eigenvalue weighted by Gasteiger charge is -2.25. The first kappa shape index (κ1) is 29.1. The van der Waals surface area contributed by atoms with E-state index in [4.69, 9.17) is 9.26 Å². The average Bonchev–Trinajstić information content (AvgIpc) is 3.35. The minimum Gasteiger partial charge on any atom is -0.461 e. The van der Waals surface area contributed by atoms with E-state index in [1.54, 1.807) is 31.2 Å². The van der Waals surface area contributed by atoms with Gasteiger partial charge >= 0.3 is 11.6 Å². The SMILES string of the molecule is CCCCCCCCCCCC[C@H](C(=O)n1oc(=O)c(C)c1C(=O)OCC)N1C(=O)c2ccccc2C1=O. The molecule has 2 aromatic rings. The van der Waals surface area contributed by atoms with Crippen LogP contribution < -0.4 is 5.63 Å². The van der Waals surface area contributed by atoms with Crippen molar-refractivity contribution in [1.82, 2.24) is 9.64 Å². The van der Waals surface area contributed by atoms with E-state index >= 15 is 0 Å². The van der Waals surface area contributed by atoms with E-state index in [0.29, 0.717) is 11.2 Å². The van der Waals surface area contributed by atoms with Crippen molar-refractivity contribution in [2.24, 2.45) is 0 Å². The van der Waals surface area contributed by atoms with Crippen molar-refractivity contribution < 1.29 is 28.4 Å². The number of hydrogen-bond acceptors (Lipinski definition) is 7. The van der Waals surface area contributed by atoms with E-state index < -0.39 is 35.4 Å². The maximum atomic E-state index is 13.7. The van der Waals surface area contributed by atoms with E-state index in [9.17, 15) is 24.0 Å². The molecule has 2 heterocycles. The Hall–Kier alpha value is -3.49. The van der Waals surface area contributed by atoms with E-state index in [-0.39, 0.29) is 35.4 Å². The minimum absolute atomic E-state index is 0.0340. The minimum atomic E-state index is -1.24. The number of imide groups is 1. The first-order valence-electron chi connectivity index (χ1n) is 13.7. The molecule has 0 radical (unpaired) electrons. The van der Waals surface area contributed by atoms with Crippen LogP contribution in [0.15, 0.2) is 33.6 Å². The van der Waals surface area contributed by atoms with E-state index in [1.807, 2.05) is 0 Å². The van der Waals surface area contributed by atoms with Gasteiger partial charge < -0.3 is 9.26 Å². The molecule has 38 heavy (non-hydrogen) atoms. The van der Waals surface area contributed by atoms with Gasteiger partial charge in [0, 0.05) is 0 Å². The number of ether oxygens (including phenoxy) is 1. The second-order valence-electron chi connectivity index (χ2n) is 9.72. The molecule has 1 aliphatic rings. The summed E-state index contributed by atoms with van der Waals surface area (Å²) in [7, 11) is 0. The monoisotopic (exact) mass is 526 g/mol. The van der Waals surface area contributed by atoms with Gasteiger partial charge in [0.15, 0.2) is 5.69 Å². The Morgan fingerprint density at radius 2 is 1.37 bits per heavy atom. The highest BCUT2D eigenvalue weighted by molar-refractivity contribution is 6.23. The molecular weight excluding hydrogens is 488 g/mol. The van der Waals surface area contributed by atoms with Crippen LogP contribution >= 0.6 is 0 Å². The fourth-order valence-electron chi connectivity index (χ4n) is 4.85. The van der Waals surface area contributed by atoms with Gasteiger partial charge in [-0.25, -0.2) is 9.59 Å². The van der Waals surface area contributed by atoms with Crippen molar-refractivity contribution >= 4 is 23.7 Å². The highest BCUT2D eigenvalue weighted by atomic mass is 16.6. The standard InChI is InChI=1S/C29H38N2O7/c1-4-6-7-8-9-10-11-12-13-14-19-23(30-25(32)21-17-15-16-18-22(21)26(30)33)27(34)31-24(29(36)37-5-2)20(3)28(35)38-31/h15-18,23H,4-14,19H2,1-3H3/t23-/m1/s1. The molecule has 206 valence electrons. The molecule has 9 heteroatoms. The van der Waals surface area contributed by atoms with E-state index in [2.05, 4.69) is 6.92 Å². The average molecular weight is 527 g/mol. The lowest BCUT2D eigenvalue weighted by molar-refractivity contribution is 0.0413. The van der Waals surface area contributed by atoms with Gasteiger partial charge in [0.2, 0.25) is 0 Å². The lowest BCUT2D eigenvalue weighted by Crippen LogP contribution is -2.47. The van der Waals surface area contributed by atoms with Gasteiger partial charge in [-0.3, -0.25) is 19.3 Å². The van der Waals surface area contributed by atoms with Crippen LogP contribution in [0.1, 0.15) is 126 Å². The molecule has 1 aromatic heterocycles. The summed E-state index contributed by atoms with van der Waals surface area (Å²) in [6.07, 6.45) is 11.0. The molecule has 1 atom stereocenters. The molecule has 1 aliphatic heterocycles. The van der Waals surface area contributed by atoms with Crippen LogP contribution in [0, 0.1) is 6.92 Å². The normalized spacial score (nSPS) is 13.6. The third-order valence-corrected chi connectivity index (χ3v) is 6.96. The number of nitrogens with zero attached hydrogens (tertiary/aromatic N) is 2. The molecule has 0 saturated carbocycles. The smallest absolute Gasteiger partial charge is 0.362 e. The Labute approximate surface area is 223 Å². The molecule has 0 saturated heterocycles. The zero-order valence-corrected chi connectivity index (χ0v) is 22.6. The molecular formula is C29H38N2O7. The Balaban J connectivity index is 1.77. The van der Waals surface area contributed by atoms with Crippen LogP contribution in [0.25, 0.3) is 0 Å². The van der Waals surface area contributed by atoms with Gasteiger partial charge in [-0.1, -0.05) is 83.3 Å². The van der Waals surface area contributed by atoms with E-state index in [1.165, 1.54) is 39.0 Å². The predicted octanol–water partition coefficient (Wildman–Crippen LogP) is 5.54. The van der Waals surface area contributed by atoms with Gasteiger partial charge in [-0.05, 0) is 32.4 Å². The van der Waals surface area contributed by atoms with Crippen LogP contribution in [0.3, 0.4) is 0 Å². The number of unbranched alkanes of at least 4 members (excludes halogenated alkanes) is 9. The predicted molar refractivity (Wildman–Crippen MR) is 141 cm³/mol. The molecule has 3 rings (SSSR count). The summed E-state index contributed by atoms with van der Waals surface area (Å²) in [5, 5.41) is 0. The number of aromatic nitrogens is 1. The van der Waals surface area contributed by atoms with Gasteiger partial charge in [0.25, 0.3) is 17.7 Å². The van der Waals surface area contributed by atoms with Crippen molar-refractivity contribution in [2.75, 3.05) is 6.61 Å². The molecule has 9 nitrogen and oxygen atoms in total. The largest absolute Gasteiger partial charge is 0.461 e. The summed E-state index contributed by atoms with van der Waals surface area (Å²) in [5.74, 6) is -2.88. The Bertz CT molecular complexity index is 1170. The molecule has 0 N–H and O–H groups in total. The number of amides is 2. The summed E-state index contributed by atoms with van der Waals surface area (Å²) in [5.41, 5.74) is -0.826. The van der Waals surface area contributed by atoms with Crippen LogP contribution in [0.2, 0.25) is 0 Å². The molecule has 2 amide bonds. The first-order chi connectivity index (χ1) is 18.3. The number of benzene rings is 1. The number of carbonyl (C=O) groups is 4. The van der Waals surface area contributed by atoms with Crippen molar-refractivity contribution in [3.05, 3.63) is 57.1 Å². The number of rotatable bonds is 15. The maximum absolute atomic E-state index is 13.7. The van der Waals surface area contributed by atoms with Crippen molar-refractivity contribution in [3.8, 4) is 0 Å². The summed E-state index contributed by atoms with van der Waals surface area (Å²) < 4.78 is 10.7. The zero-order valence-electron chi connectivity index (χ0n) is 22.6. The number of carbonyl (C=O) groups excluding carboxylic acids is 4. The number of esters is 1. The van der Waals surface area contributed by atoms with Crippen molar-refractivity contribution in [3.63, 3.8) is 0 Å². The highest BCUT2D eigenvalue weighted by Gasteiger charge is 2.44. The Morgan fingerprint density at radius 3 is 1.89 bits per heavy atom. The Morgan fingerprint density at radius 1 is 0.842 bits per heavy atom. The quantitative estimate of drug-likeness (QED) is 0.170. The van der Waals surface area contributed by atoms with Crippen LogP contribution in [0.4, 0.5) is 0 Å². The third-order valence-electron chi connectivity index (χ3n) is 6.96. The summed E-state index contributed by atoms with van der Waals surface area (Å²) in [4.78, 5) is 65.9. The van der Waals surface area contributed by atoms with Gasteiger partial charge in [0.05, 0.1) is 23.3 Å². The summed E-state index contributed by atoms with van der Waals surface area (Å²) in [6.45, 7) is 5.20. The fraction of sp³-hybridized carbons (Fsp3) is 0.552. The van der Waals surface area contributed by atoms with Crippen molar-refractivity contribution in [2.45, 2.75) is 97.4 Å². The Kier molecular flexibility index (Phi) is 10.6. The van der Waals surface area contributed by atoms with Crippen LogP contribution in [-0.4, -0.2) is 46.0 Å². The van der Waals surface area contributed by atoms with Crippen molar-refractivity contribution in [1.29, 1.82) is 0 Å². The zero-order chi connectivity index (χ0) is 27.7. The van der Waals surface area contributed by atoms with E-state index in [0.717, 1.165) is 30.6 Å². The maximum Gasteiger partial charge on any atom is 0.362 e. The molecule has 1 aromatic carbocycles. The number of fused-ring (bicyclic) bond motifs is 1. The van der Waals surface area contributed by atoms with Gasteiger partial charge in [0.1, 0.15) is 6.04 Å². The van der Waals surface area contributed by atoms with Gasteiger partial charge in [-0.2, -0.15) is 0 Å². The third kappa shape index (κ3) is 6.49. The van der Waals surface area contributed by atoms with Crippen LogP contribution in [0.5, 0.6) is 0 Å². The van der Waals surface area contributed by atoms with Gasteiger partial charge in [-0.15, -0.1) is 4.74 Å². The topological polar surface area (TPSA) is 116 Å². The first-order valence-corrected chi connectivity index (χ1v) is 13.7. The summed E-state index contributed by atoms with van der Waals surface area (Å²) >= 11 is 0. The molecule has 0 spiro atoms. The van der Waals surface area contributed by atoms with Crippen LogP contribution in [-0.2, 0) is 4.74 Å². The second-order valence-corrected chi connectivity index (χ2v) is 9.72. The molecule has 0 unspecified atom stereocenters. The molecule has 0 fully saturated rings. The molecule has 0 bridgehead atoms. The fourth-order valence-corrected chi connectivity index (χ4v) is 4.85.